The molecule has 7 N–H and O–H groups in total. The van der Waals surface area contributed by atoms with Gasteiger partial charge in [-0.25, -0.2) is 0 Å². The quantitative estimate of drug-likeness (QED) is 0.166. The highest BCUT2D eigenvalue weighted by atomic mass is 16.7. The summed E-state index contributed by atoms with van der Waals surface area (Å²) >= 11 is 0. The lowest BCUT2D eigenvalue weighted by atomic mass is 9.99. The Bertz CT molecular complexity index is 1520. The van der Waals surface area contributed by atoms with Crippen molar-refractivity contribution in [3.63, 3.8) is 0 Å². The van der Waals surface area contributed by atoms with E-state index in [0.29, 0.717) is 17.1 Å². The van der Waals surface area contributed by atoms with Crippen molar-refractivity contribution in [2.45, 2.75) is 48.7 Å². The van der Waals surface area contributed by atoms with Gasteiger partial charge >= 0.3 is 0 Å². The minimum atomic E-state index is -1.93. The molecule has 8 atom stereocenters. The first kappa shape index (κ1) is 28.6. The molecular formula is C27H28O15. The van der Waals surface area contributed by atoms with Crippen molar-refractivity contribution >= 4 is 11.0 Å². The SMILES string of the molecule is O=c1c(-c2ccc3c(c2)OCO3)coc2cc(OC3OC(COC4OCC(O)(CO)C4O)C(O)C(O)C3O)cc(O)c12. The van der Waals surface area contributed by atoms with Crippen LogP contribution >= 0.6 is 0 Å². The Labute approximate surface area is 236 Å². The van der Waals surface area contributed by atoms with Crippen LogP contribution in [0.25, 0.3) is 22.1 Å². The van der Waals surface area contributed by atoms with Crippen molar-refractivity contribution < 1.29 is 68.6 Å². The van der Waals surface area contributed by atoms with Crippen LogP contribution in [0.2, 0.25) is 0 Å². The average Bonchev–Trinajstić information content (AvgIpc) is 3.56. The number of hydrogen-bond donors (Lipinski definition) is 7. The Balaban J connectivity index is 1.20. The molecule has 3 aliphatic heterocycles. The lowest BCUT2D eigenvalue weighted by Crippen LogP contribution is -2.60. The largest absolute Gasteiger partial charge is 0.507 e. The van der Waals surface area contributed by atoms with Gasteiger partial charge in [0.25, 0.3) is 0 Å². The molecule has 1 aromatic heterocycles. The summed E-state index contributed by atoms with van der Waals surface area (Å²) in [5.41, 5.74) is -1.88. The molecule has 226 valence electrons. The summed E-state index contributed by atoms with van der Waals surface area (Å²) in [6.45, 7) is -1.61. The predicted molar refractivity (Wildman–Crippen MR) is 137 cm³/mol. The first-order valence-electron chi connectivity index (χ1n) is 12.9. The highest BCUT2D eigenvalue weighted by Crippen LogP contribution is 2.37. The van der Waals surface area contributed by atoms with E-state index in [2.05, 4.69) is 0 Å². The maximum atomic E-state index is 13.3. The molecule has 2 fully saturated rings. The van der Waals surface area contributed by atoms with Crippen molar-refractivity contribution in [3.05, 3.63) is 46.8 Å². The number of rotatable bonds is 7. The van der Waals surface area contributed by atoms with Gasteiger partial charge < -0.3 is 68.6 Å². The summed E-state index contributed by atoms with van der Waals surface area (Å²) in [5, 5.41) is 71.4. The Morgan fingerprint density at radius 1 is 0.976 bits per heavy atom. The minimum Gasteiger partial charge on any atom is -0.507 e. The molecule has 2 aromatic carbocycles. The van der Waals surface area contributed by atoms with Crippen molar-refractivity contribution in [2.75, 3.05) is 26.6 Å². The number of hydrogen-bond acceptors (Lipinski definition) is 15. The van der Waals surface area contributed by atoms with Gasteiger partial charge in [-0.05, 0) is 17.7 Å². The third-order valence-electron chi connectivity index (χ3n) is 7.44. The second kappa shape index (κ2) is 11.0. The summed E-state index contributed by atoms with van der Waals surface area (Å²) in [6, 6.07) is 7.28. The average molecular weight is 593 g/mol. The summed E-state index contributed by atoms with van der Waals surface area (Å²) in [6.07, 6.45) is -9.80. The first-order valence-corrected chi connectivity index (χ1v) is 12.9. The molecule has 6 rings (SSSR count). The number of phenols is 1. The van der Waals surface area contributed by atoms with Gasteiger partial charge in [-0.1, -0.05) is 6.07 Å². The zero-order valence-corrected chi connectivity index (χ0v) is 21.7. The van der Waals surface area contributed by atoms with Crippen LogP contribution in [0.3, 0.4) is 0 Å². The van der Waals surface area contributed by atoms with Crippen LogP contribution in [0.15, 0.2) is 45.8 Å². The van der Waals surface area contributed by atoms with Crippen LogP contribution in [-0.4, -0.2) is 111 Å². The Morgan fingerprint density at radius 2 is 1.76 bits per heavy atom. The van der Waals surface area contributed by atoms with Crippen LogP contribution < -0.4 is 19.6 Å². The van der Waals surface area contributed by atoms with Gasteiger partial charge in [0.2, 0.25) is 18.5 Å². The molecule has 0 aliphatic carbocycles. The molecule has 0 saturated carbocycles. The van der Waals surface area contributed by atoms with Gasteiger partial charge in [-0.3, -0.25) is 4.79 Å². The highest BCUT2D eigenvalue weighted by molar-refractivity contribution is 5.88. The second-order valence-corrected chi connectivity index (χ2v) is 10.2. The van der Waals surface area contributed by atoms with Crippen molar-refractivity contribution in [2.24, 2.45) is 0 Å². The van der Waals surface area contributed by atoms with Crippen molar-refractivity contribution in [3.8, 4) is 34.1 Å². The fraction of sp³-hybridized carbons (Fsp3) is 0.444. The normalized spacial score (nSPS) is 32.4. The second-order valence-electron chi connectivity index (χ2n) is 10.2. The van der Waals surface area contributed by atoms with E-state index in [4.69, 9.17) is 32.8 Å². The van der Waals surface area contributed by atoms with E-state index >= 15 is 0 Å². The fourth-order valence-corrected chi connectivity index (χ4v) is 4.95. The van der Waals surface area contributed by atoms with Crippen molar-refractivity contribution in [1.82, 2.24) is 0 Å². The van der Waals surface area contributed by atoms with Crippen molar-refractivity contribution in [1.29, 1.82) is 0 Å². The smallest absolute Gasteiger partial charge is 0.231 e. The van der Waals surface area contributed by atoms with E-state index in [9.17, 15) is 40.5 Å². The summed E-state index contributed by atoms with van der Waals surface area (Å²) in [4.78, 5) is 13.3. The molecule has 15 nitrogen and oxygen atoms in total. The van der Waals surface area contributed by atoms with Crippen LogP contribution in [0.5, 0.6) is 23.0 Å². The van der Waals surface area contributed by atoms with Gasteiger partial charge in [-0.2, -0.15) is 0 Å². The number of aromatic hydroxyl groups is 1. The molecule has 3 aliphatic rings. The van der Waals surface area contributed by atoms with Crippen LogP contribution in [-0.2, 0) is 14.2 Å². The number of phenolic OH excluding ortho intramolecular Hbond substituents is 1. The van der Waals surface area contributed by atoms with E-state index in [-0.39, 0.29) is 29.1 Å². The first-order chi connectivity index (χ1) is 20.1. The third kappa shape index (κ3) is 4.94. The zero-order valence-electron chi connectivity index (χ0n) is 21.7. The van der Waals surface area contributed by atoms with Crippen LogP contribution in [0, 0.1) is 0 Å². The number of aliphatic hydroxyl groups excluding tert-OH is 5. The molecule has 42 heavy (non-hydrogen) atoms. The fourth-order valence-electron chi connectivity index (χ4n) is 4.95. The molecular weight excluding hydrogens is 564 g/mol. The molecule has 3 aromatic rings. The monoisotopic (exact) mass is 592 g/mol. The van der Waals surface area contributed by atoms with E-state index < -0.39 is 79.7 Å². The van der Waals surface area contributed by atoms with E-state index in [1.165, 1.54) is 12.3 Å². The van der Waals surface area contributed by atoms with Crippen LogP contribution in [0.4, 0.5) is 0 Å². The molecule has 15 heteroatoms. The van der Waals surface area contributed by atoms with Gasteiger partial charge in [-0.15, -0.1) is 0 Å². The molecule has 0 spiro atoms. The van der Waals surface area contributed by atoms with Crippen LogP contribution in [0.1, 0.15) is 0 Å². The third-order valence-corrected chi connectivity index (χ3v) is 7.44. The molecule has 2 saturated heterocycles. The van der Waals surface area contributed by atoms with Gasteiger partial charge in [0.15, 0.2) is 17.8 Å². The van der Waals surface area contributed by atoms with Gasteiger partial charge in [0, 0.05) is 12.1 Å². The molecule has 0 radical (unpaired) electrons. The Morgan fingerprint density at radius 3 is 2.52 bits per heavy atom. The molecule has 0 bridgehead atoms. The maximum Gasteiger partial charge on any atom is 0.231 e. The molecule has 0 amide bonds. The lowest BCUT2D eigenvalue weighted by molar-refractivity contribution is -0.289. The number of fused-ring (bicyclic) bond motifs is 2. The molecule has 8 unspecified atom stereocenters. The summed E-state index contributed by atoms with van der Waals surface area (Å²) in [5.74, 6) is 0.397. The summed E-state index contributed by atoms with van der Waals surface area (Å²) < 4.78 is 38.1. The maximum absolute atomic E-state index is 13.3. The van der Waals surface area contributed by atoms with E-state index in [1.807, 2.05) is 0 Å². The minimum absolute atomic E-state index is 0.0472. The number of benzene rings is 2. The van der Waals surface area contributed by atoms with Gasteiger partial charge in [0.1, 0.15) is 64.9 Å². The molecule has 4 heterocycles. The predicted octanol–water partition coefficient (Wildman–Crippen LogP) is -1.46. The topological polar surface area (TPSA) is 227 Å². The van der Waals surface area contributed by atoms with E-state index in [1.54, 1.807) is 18.2 Å². The standard InChI is InChI=1S/C27H28O15/c28-8-27(35)9-38-26(24(27)34)37-7-18-21(31)22(32)23(33)25(42-18)41-12-4-14(29)19-17(5-12)36-6-13(20(19)30)11-1-2-15-16(3-11)40-10-39-15/h1-6,18,21-26,28-29,31-35H,7-10H2. The van der Waals surface area contributed by atoms with E-state index in [0.717, 1.165) is 6.07 Å². The number of ether oxygens (including phenoxy) is 6. The Kier molecular flexibility index (Phi) is 7.46. The lowest BCUT2D eigenvalue weighted by Gasteiger charge is -2.40. The Hall–Kier alpha value is -3.51. The summed E-state index contributed by atoms with van der Waals surface area (Å²) in [7, 11) is 0. The number of aliphatic hydroxyl groups is 6. The zero-order chi connectivity index (χ0) is 29.8. The van der Waals surface area contributed by atoms with Gasteiger partial charge in [0.05, 0.1) is 25.4 Å². The highest BCUT2D eigenvalue weighted by Gasteiger charge is 2.50.